The molecule has 3 rings (SSSR count). The number of cyclic esters (lactones) is 1. The fourth-order valence-electron chi connectivity index (χ4n) is 8.52. The first-order chi connectivity index (χ1) is 22.7. The molecule has 49 heavy (non-hydrogen) atoms. The van der Waals surface area contributed by atoms with Crippen molar-refractivity contribution in [3.8, 4) is 0 Å². The molecule has 0 aromatic heterocycles. The van der Waals surface area contributed by atoms with Gasteiger partial charge < -0.3 is 38.8 Å². The number of methoxy groups -OCH3 is 1. The minimum absolute atomic E-state index is 0.0460. The Hall–Kier alpha value is -1.67. The Kier molecular flexibility index (Phi) is 14.7. The molecule has 1 N–H and O–H groups in total. The number of nitrogens with zero attached hydrogens (tertiary/aromatic N) is 4. The maximum Gasteiger partial charge on any atom is 0.319 e. The fourth-order valence-corrected chi connectivity index (χ4v) is 8.52. The number of likely N-dealkylation sites (N-methyl/N-ethyl adjacent to an activating group) is 4. The lowest BCUT2D eigenvalue weighted by Crippen LogP contribution is -2.59. The van der Waals surface area contributed by atoms with E-state index in [1.165, 1.54) is 0 Å². The SMILES string of the molecule is CO[C@]1(C)C[C@@H](C)CN(C)[C@@H](C2CCC(N(C)C(=O)CN(C)C)CC2)COC(=O)C(C)(C)C(=O)[C@H](C)[C@H]1O[C@@H]1O[C@H](C)C[C@H](N(C)C)[C@H]1O. The molecule has 2 heterocycles. The van der Waals surface area contributed by atoms with Crippen molar-refractivity contribution in [2.45, 2.75) is 128 Å². The molecule has 0 bridgehead atoms. The van der Waals surface area contributed by atoms with Crippen LogP contribution < -0.4 is 0 Å². The van der Waals surface area contributed by atoms with Crippen molar-refractivity contribution in [2.75, 3.05) is 69.1 Å². The van der Waals surface area contributed by atoms with Gasteiger partial charge in [-0.1, -0.05) is 13.8 Å². The zero-order valence-corrected chi connectivity index (χ0v) is 32.7. The van der Waals surface area contributed by atoms with Gasteiger partial charge in [0.2, 0.25) is 5.91 Å². The van der Waals surface area contributed by atoms with E-state index in [4.69, 9.17) is 18.9 Å². The van der Waals surface area contributed by atoms with Crippen LogP contribution in [-0.4, -0.2) is 160 Å². The summed E-state index contributed by atoms with van der Waals surface area (Å²) in [6.45, 7) is 12.4. The summed E-state index contributed by atoms with van der Waals surface area (Å²) in [7, 11) is 13.3. The first kappa shape index (κ1) is 41.7. The second kappa shape index (κ2) is 17.2. The summed E-state index contributed by atoms with van der Waals surface area (Å²) in [4.78, 5) is 48.9. The monoisotopic (exact) mass is 697 g/mol. The number of esters is 1. The third kappa shape index (κ3) is 10.0. The van der Waals surface area contributed by atoms with Gasteiger partial charge in [-0.2, -0.15) is 0 Å². The smallest absolute Gasteiger partial charge is 0.319 e. The largest absolute Gasteiger partial charge is 0.463 e. The first-order valence-electron chi connectivity index (χ1n) is 18.3. The van der Waals surface area contributed by atoms with Crippen LogP contribution in [0, 0.1) is 23.2 Å². The Morgan fingerprint density at radius 3 is 2.18 bits per heavy atom. The second-order valence-electron chi connectivity index (χ2n) is 16.6. The predicted octanol–water partition coefficient (Wildman–Crippen LogP) is 2.90. The number of carbonyl (C=O) groups is 3. The lowest BCUT2D eigenvalue weighted by molar-refractivity contribution is -0.295. The van der Waals surface area contributed by atoms with Crippen LogP contribution in [0.2, 0.25) is 0 Å². The quantitative estimate of drug-likeness (QED) is 0.298. The Balaban J connectivity index is 1.90. The number of hydrogen-bond acceptors (Lipinski definition) is 11. The van der Waals surface area contributed by atoms with E-state index in [1.807, 2.05) is 63.8 Å². The number of ether oxygens (including phenoxy) is 4. The molecule has 2 saturated heterocycles. The molecule has 0 spiro atoms. The lowest BCUT2D eigenvalue weighted by Gasteiger charge is -2.47. The number of carbonyl (C=O) groups excluding carboxylic acids is 3. The predicted molar refractivity (Wildman–Crippen MR) is 189 cm³/mol. The van der Waals surface area contributed by atoms with E-state index < -0.39 is 41.4 Å². The van der Waals surface area contributed by atoms with Crippen LogP contribution in [-0.2, 0) is 33.3 Å². The van der Waals surface area contributed by atoms with Crippen molar-refractivity contribution in [2.24, 2.45) is 23.2 Å². The van der Waals surface area contributed by atoms with E-state index in [0.29, 0.717) is 25.9 Å². The van der Waals surface area contributed by atoms with Gasteiger partial charge in [0.1, 0.15) is 18.1 Å². The third-order valence-electron chi connectivity index (χ3n) is 11.6. The number of aliphatic hydroxyl groups is 1. The fraction of sp³-hybridized carbons (Fsp3) is 0.919. The molecule has 12 nitrogen and oxygen atoms in total. The molecule has 12 heteroatoms. The molecular weight excluding hydrogens is 628 g/mol. The van der Waals surface area contributed by atoms with Gasteiger partial charge in [0, 0.05) is 44.7 Å². The maximum atomic E-state index is 14.3. The van der Waals surface area contributed by atoms with Gasteiger partial charge in [-0.3, -0.25) is 19.3 Å². The van der Waals surface area contributed by atoms with Crippen LogP contribution in [0.4, 0.5) is 0 Å². The standard InChI is InChI=1S/C37H68N4O8/c1-23-19-37(6,46-13)33(49-34-31(43)28(39(9)10)18-24(2)48-34)25(3)32(44)36(4,5)35(45)47-22-29(40(11)20-23)26-14-16-27(17-15-26)41(12)30(42)21-38(7)8/h23-29,31,33-34,43H,14-22H2,1-13H3/t23-,24-,25+,26?,27?,28+,29-,31-,33-,34+,37-/m1/s1. The molecule has 0 aromatic rings. The summed E-state index contributed by atoms with van der Waals surface area (Å²) in [5.41, 5.74) is -2.39. The van der Waals surface area contributed by atoms with Crippen LogP contribution in [0.3, 0.4) is 0 Å². The van der Waals surface area contributed by atoms with Crippen molar-refractivity contribution in [1.82, 2.24) is 19.6 Å². The van der Waals surface area contributed by atoms with Crippen LogP contribution in [0.25, 0.3) is 0 Å². The van der Waals surface area contributed by atoms with Crippen LogP contribution in [0.5, 0.6) is 0 Å². The molecule has 0 unspecified atom stereocenters. The van der Waals surface area contributed by atoms with Crippen LogP contribution >= 0.6 is 0 Å². The molecule has 3 fully saturated rings. The average molecular weight is 697 g/mol. The van der Waals surface area contributed by atoms with Crippen molar-refractivity contribution < 1.29 is 38.4 Å². The number of hydrogen-bond donors (Lipinski definition) is 1. The molecule has 2 aliphatic heterocycles. The Labute approximate surface area is 296 Å². The summed E-state index contributed by atoms with van der Waals surface area (Å²) in [5, 5.41) is 11.4. The second-order valence-corrected chi connectivity index (χ2v) is 16.6. The number of aliphatic hydroxyl groups excluding tert-OH is 1. The van der Waals surface area contributed by atoms with Gasteiger partial charge in [-0.15, -0.1) is 0 Å². The molecular formula is C37H68N4O8. The van der Waals surface area contributed by atoms with Crippen LogP contribution in [0.15, 0.2) is 0 Å². The maximum absolute atomic E-state index is 14.3. The van der Waals surface area contributed by atoms with Gasteiger partial charge in [-0.05, 0) is 113 Å². The summed E-state index contributed by atoms with van der Waals surface area (Å²) in [6.07, 6.45) is 1.89. The highest BCUT2D eigenvalue weighted by molar-refractivity contribution is 6.04. The highest BCUT2D eigenvalue weighted by Gasteiger charge is 2.51. The van der Waals surface area contributed by atoms with Gasteiger partial charge in [0.15, 0.2) is 12.1 Å². The van der Waals surface area contributed by atoms with E-state index in [2.05, 4.69) is 18.9 Å². The summed E-state index contributed by atoms with van der Waals surface area (Å²) >= 11 is 0. The molecule has 3 aliphatic rings. The van der Waals surface area contributed by atoms with E-state index in [9.17, 15) is 19.5 Å². The Bertz CT molecular complexity index is 1110. The van der Waals surface area contributed by atoms with Crippen molar-refractivity contribution >= 4 is 17.7 Å². The highest BCUT2D eigenvalue weighted by Crippen LogP contribution is 2.39. The molecule has 284 valence electrons. The summed E-state index contributed by atoms with van der Waals surface area (Å²) in [5.74, 6) is -1.14. The summed E-state index contributed by atoms with van der Waals surface area (Å²) < 4.78 is 25.1. The van der Waals surface area contributed by atoms with Gasteiger partial charge in [0.05, 0.1) is 24.4 Å². The van der Waals surface area contributed by atoms with Gasteiger partial charge in [-0.25, -0.2) is 0 Å². The number of ketones is 1. The summed E-state index contributed by atoms with van der Waals surface area (Å²) in [6, 6.07) is -0.0474. The Morgan fingerprint density at radius 1 is 1.02 bits per heavy atom. The molecule has 1 aliphatic carbocycles. The first-order valence-corrected chi connectivity index (χ1v) is 18.3. The van der Waals surface area contributed by atoms with E-state index in [0.717, 1.165) is 25.7 Å². The van der Waals surface area contributed by atoms with Crippen molar-refractivity contribution in [3.63, 3.8) is 0 Å². The number of Topliss-reactive ketones (excluding diaryl/α,β-unsaturated/α-hetero) is 1. The number of amides is 1. The zero-order chi connectivity index (χ0) is 37.0. The van der Waals surface area contributed by atoms with E-state index in [1.54, 1.807) is 27.9 Å². The van der Waals surface area contributed by atoms with Gasteiger partial charge in [0.25, 0.3) is 0 Å². The average Bonchev–Trinajstić information content (AvgIpc) is 3.03. The van der Waals surface area contributed by atoms with Crippen molar-refractivity contribution in [1.29, 1.82) is 0 Å². The molecule has 1 saturated carbocycles. The number of rotatable bonds is 8. The Morgan fingerprint density at radius 2 is 1.63 bits per heavy atom. The normalized spacial score (nSPS) is 38.8. The highest BCUT2D eigenvalue weighted by atomic mass is 16.7. The van der Waals surface area contributed by atoms with Gasteiger partial charge >= 0.3 is 5.97 Å². The van der Waals surface area contributed by atoms with Crippen LogP contribution in [0.1, 0.15) is 80.1 Å². The molecule has 9 atom stereocenters. The molecule has 0 aromatic carbocycles. The third-order valence-corrected chi connectivity index (χ3v) is 11.6. The molecule has 1 amide bonds. The van der Waals surface area contributed by atoms with Crippen molar-refractivity contribution in [3.05, 3.63) is 0 Å². The minimum atomic E-state index is -1.45. The zero-order valence-electron chi connectivity index (χ0n) is 32.7. The minimum Gasteiger partial charge on any atom is -0.463 e. The lowest BCUT2D eigenvalue weighted by atomic mass is 9.74. The molecule has 0 radical (unpaired) electrons. The topological polar surface area (TPSA) is 121 Å². The van der Waals surface area contributed by atoms with E-state index >= 15 is 0 Å². The van der Waals surface area contributed by atoms with E-state index in [-0.39, 0.29) is 54.4 Å².